The summed E-state index contributed by atoms with van der Waals surface area (Å²) in [6.07, 6.45) is 0.375. The van der Waals surface area contributed by atoms with Gasteiger partial charge in [0.2, 0.25) is 0 Å². The number of aliphatic hydroxyl groups is 1. The Morgan fingerprint density at radius 2 is 2.05 bits per heavy atom. The molecule has 8 heteroatoms. The lowest BCUT2D eigenvalue weighted by Gasteiger charge is -2.14. The third kappa shape index (κ3) is 3.29. The second-order valence-corrected chi connectivity index (χ2v) is 4.26. The van der Waals surface area contributed by atoms with Crippen molar-refractivity contribution in [3.05, 3.63) is 35.7 Å². The van der Waals surface area contributed by atoms with Crippen molar-refractivity contribution in [3.63, 3.8) is 0 Å². The van der Waals surface area contributed by atoms with E-state index in [1.807, 2.05) is 0 Å². The average Bonchev–Trinajstić information content (AvgIpc) is 2.95. The molecule has 0 aliphatic rings. The Labute approximate surface area is 120 Å². The Bertz CT molecular complexity index is 640. The standard InChI is InChI=1S/C13H15N3O5/c1-20-11-4-3-8(5-12(11)21-2)10(17)7-16-6-9(13(18)19)14-15-16/h3-6,10,17H,7H2,1-2H3,(H,18,19). The van der Waals surface area contributed by atoms with Crippen LogP contribution >= 0.6 is 0 Å². The second-order valence-electron chi connectivity index (χ2n) is 4.26. The summed E-state index contributed by atoms with van der Waals surface area (Å²) in [5, 5.41) is 26.1. The third-order valence-electron chi connectivity index (χ3n) is 2.91. The van der Waals surface area contributed by atoms with Crippen LogP contribution in [-0.2, 0) is 6.54 Å². The van der Waals surface area contributed by atoms with Crippen LogP contribution in [0.4, 0.5) is 0 Å². The topological polar surface area (TPSA) is 107 Å². The minimum absolute atomic E-state index is 0.0791. The number of aromatic carboxylic acids is 1. The molecule has 0 radical (unpaired) electrons. The van der Waals surface area contributed by atoms with Gasteiger partial charge in [-0.15, -0.1) is 5.10 Å². The Hall–Kier alpha value is -2.61. The first-order valence-corrected chi connectivity index (χ1v) is 6.08. The van der Waals surface area contributed by atoms with Gasteiger partial charge in [0.25, 0.3) is 0 Å². The number of carboxylic acids is 1. The summed E-state index contributed by atoms with van der Waals surface area (Å²) in [7, 11) is 3.03. The molecule has 1 aromatic carbocycles. The predicted octanol–water partition coefficient (Wildman–Crippen LogP) is 0.727. The SMILES string of the molecule is COc1ccc(C(O)Cn2cc(C(=O)O)nn2)cc1OC. The molecule has 1 heterocycles. The molecule has 0 amide bonds. The van der Waals surface area contributed by atoms with Crippen LogP contribution in [0.3, 0.4) is 0 Å². The van der Waals surface area contributed by atoms with Crippen LogP contribution in [0, 0.1) is 0 Å². The van der Waals surface area contributed by atoms with E-state index in [0.29, 0.717) is 17.1 Å². The predicted molar refractivity (Wildman–Crippen MR) is 71.5 cm³/mol. The number of carbonyl (C=O) groups is 1. The lowest BCUT2D eigenvalue weighted by atomic mass is 10.1. The normalized spacial score (nSPS) is 12.0. The smallest absolute Gasteiger partial charge is 0.358 e. The summed E-state index contributed by atoms with van der Waals surface area (Å²) in [4.78, 5) is 10.7. The van der Waals surface area contributed by atoms with E-state index in [9.17, 15) is 9.90 Å². The number of aliphatic hydroxyl groups excluding tert-OH is 1. The van der Waals surface area contributed by atoms with Crippen LogP contribution in [0.15, 0.2) is 24.4 Å². The highest BCUT2D eigenvalue weighted by Crippen LogP contribution is 2.30. The Morgan fingerprint density at radius 3 is 2.62 bits per heavy atom. The van der Waals surface area contributed by atoms with E-state index < -0.39 is 12.1 Å². The van der Waals surface area contributed by atoms with Crippen molar-refractivity contribution >= 4 is 5.97 Å². The minimum atomic E-state index is -1.16. The number of aromatic nitrogens is 3. The van der Waals surface area contributed by atoms with Crippen LogP contribution in [0.2, 0.25) is 0 Å². The molecule has 0 aliphatic carbocycles. The highest BCUT2D eigenvalue weighted by molar-refractivity contribution is 5.84. The summed E-state index contributed by atoms with van der Waals surface area (Å²) >= 11 is 0. The van der Waals surface area contributed by atoms with E-state index in [4.69, 9.17) is 14.6 Å². The first-order chi connectivity index (χ1) is 10.0. The van der Waals surface area contributed by atoms with Gasteiger partial charge in [-0.3, -0.25) is 0 Å². The van der Waals surface area contributed by atoms with Gasteiger partial charge in [-0.1, -0.05) is 11.3 Å². The maximum absolute atomic E-state index is 10.7. The van der Waals surface area contributed by atoms with E-state index in [0.717, 1.165) is 0 Å². The van der Waals surface area contributed by atoms with Crippen molar-refractivity contribution in [2.45, 2.75) is 12.6 Å². The van der Waals surface area contributed by atoms with Gasteiger partial charge in [-0.2, -0.15) is 0 Å². The molecule has 112 valence electrons. The van der Waals surface area contributed by atoms with Crippen molar-refractivity contribution in [1.82, 2.24) is 15.0 Å². The van der Waals surface area contributed by atoms with Gasteiger partial charge < -0.3 is 19.7 Å². The summed E-state index contributed by atoms with van der Waals surface area (Å²) in [5.41, 5.74) is 0.425. The van der Waals surface area contributed by atoms with Crippen molar-refractivity contribution in [2.24, 2.45) is 0 Å². The third-order valence-corrected chi connectivity index (χ3v) is 2.91. The molecule has 1 atom stereocenters. The van der Waals surface area contributed by atoms with E-state index >= 15 is 0 Å². The maximum Gasteiger partial charge on any atom is 0.358 e. The van der Waals surface area contributed by atoms with Gasteiger partial charge in [0.15, 0.2) is 17.2 Å². The highest BCUT2D eigenvalue weighted by atomic mass is 16.5. The fraction of sp³-hybridized carbons (Fsp3) is 0.308. The zero-order valence-corrected chi connectivity index (χ0v) is 11.6. The Balaban J connectivity index is 2.15. The van der Waals surface area contributed by atoms with Gasteiger partial charge in [0.1, 0.15) is 0 Å². The molecule has 8 nitrogen and oxygen atoms in total. The van der Waals surface area contributed by atoms with Gasteiger partial charge >= 0.3 is 5.97 Å². The van der Waals surface area contributed by atoms with Crippen LogP contribution < -0.4 is 9.47 Å². The van der Waals surface area contributed by atoms with Gasteiger partial charge in [0.05, 0.1) is 33.1 Å². The zero-order chi connectivity index (χ0) is 15.4. The van der Waals surface area contributed by atoms with E-state index in [1.165, 1.54) is 25.1 Å². The molecule has 0 saturated carbocycles. The fourth-order valence-electron chi connectivity index (χ4n) is 1.83. The molecular formula is C13H15N3O5. The lowest BCUT2D eigenvalue weighted by Crippen LogP contribution is -2.09. The Morgan fingerprint density at radius 1 is 1.33 bits per heavy atom. The van der Waals surface area contributed by atoms with Crippen LogP contribution in [-0.4, -0.2) is 45.4 Å². The summed E-state index contributed by atoms with van der Waals surface area (Å²) < 4.78 is 11.6. The number of benzene rings is 1. The fourth-order valence-corrected chi connectivity index (χ4v) is 1.83. The zero-order valence-electron chi connectivity index (χ0n) is 11.6. The molecular weight excluding hydrogens is 278 g/mol. The summed E-state index contributed by atoms with van der Waals surface area (Å²) in [5.74, 6) is -0.108. The molecule has 0 aliphatic heterocycles. The van der Waals surface area contributed by atoms with Crippen LogP contribution in [0.5, 0.6) is 11.5 Å². The molecule has 2 aromatic rings. The van der Waals surface area contributed by atoms with Crippen LogP contribution in [0.1, 0.15) is 22.2 Å². The van der Waals surface area contributed by atoms with Crippen molar-refractivity contribution < 1.29 is 24.5 Å². The average molecular weight is 293 g/mol. The van der Waals surface area contributed by atoms with Crippen LogP contribution in [0.25, 0.3) is 0 Å². The molecule has 0 bridgehead atoms. The number of rotatable bonds is 6. The van der Waals surface area contributed by atoms with Gasteiger partial charge in [-0.05, 0) is 17.7 Å². The Kier molecular flexibility index (Phi) is 4.39. The summed E-state index contributed by atoms with van der Waals surface area (Å²) in [6.45, 7) is 0.0791. The molecule has 2 rings (SSSR count). The number of ether oxygens (including phenoxy) is 2. The lowest BCUT2D eigenvalue weighted by molar-refractivity contribution is 0.0690. The van der Waals surface area contributed by atoms with Crippen molar-refractivity contribution in [2.75, 3.05) is 14.2 Å². The number of hydrogen-bond donors (Lipinski definition) is 2. The largest absolute Gasteiger partial charge is 0.493 e. The van der Waals surface area contributed by atoms with Crippen molar-refractivity contribution in [1.29, 1.82) is 0 Å². The molecule has 0 saturated heterocycles. The molecule has 0 fully saturated rings. The second kappa shape index (κ2) is 6.23. The minimum Gasteiger partial charge on any atom is -0.493 e. The molecule has 21 heavy (non-hydrogen) atoms. The summed E-state index contributed by atoms with van der Waals surface area (Å²) in [6, 6.07) is 5.03. The van der Waals surface area contributed by atoms with E-state index in [2.05, 4.69) is 10.3 Å². The highest BCUT2D eigenvalue weighted by Gasteiger charge is 2.15. The first kappa shape index (κ1) is 14.8. The van der Waals surface area contributed by atoms with Gasteiger partial charge in [0, 0.05) is 0 Å². The number of nitrogens with zero attached hydrogens (tertiary/aromatic N) is 3. The number of hydrogen-bond acceptors (Lipinski definition) is 6. The maximum atomic E-state index is 10.7. The number of methoxy groups -OCH3 is 2. The molecule has 1 aromatic heterocycles. The first-order valence-electron chi connectivity index (χ1n) is 6.08. The van der Waals surface area contributed by atoms with Gasteiger partial charge in [-0.25, -0.2) is 9.48 Å². The number of carboxylic acid groups (broad SMARTS) is 1. The molecule has 1 unspecified atom stereocenters. The van der Waals surface area contributed by atoms with E-state index in [-0.39, 0.29) is 12.2 Å². The monoisotopic (exact) mass is 293 g/mol. The molecule has 0 spiro atoms. The quantitative estimate of drug-likeness (QED) is 0.808. The van der Waals surface area contributed by atoms with Crippen molar-refractivity contribution in [3.8, 4) is 11.5 Å². The molecule has 2 N–H and O–H groups in total. The van der Waals surface area contributed by atoms with E-state index in [1.54, 1.807) is 18.2 Å².